The number of benzene rings is 1. The quantitative estimate of drug-likeness (QED) is 0.649. The topological polar surface area (TPSA) is 45.7 Å². The fraction of sp³-hybridized carbons (Fsp3) is 0.615. The van der Waals surface area contributed by atoms with Gasteiger partial charge in [0, 0.05) is 51.2 Å². The largest absolute Gasteiger partial charge is 0.488 e. The number of ether oxygens (including phenoxy) is 1. The Hall–Kier alpha value is -2.14. The van der Waals surface area contributed by atoms with Gasteiger partial charge in [-0.25, -0.2) is 0 Å². The van der Waals surface area contributed by atoms with Crippen molar-refractivity contribution in [2.75, 3.05) is 32.7 Å². The number of fused-ring (bicyclic) bond motifs is 1. The van der Waals surface area contributed by atoms with Gasteiger partial charge < -0.3 is 14.5 Å². The minimum absolute atomic E-state index is 0.220. The van der Waals surface area contributed by atoms with Crippen LogP contribution in [0, 0.1) is 5.92 Å². The Kier molecular flexibility index (Phi) is 7.44. The second-order valence-corrected chi connectivity index (χ2v) is 9.34. The van der Waals surface area contributed by atoms with E-state index in [-0.39, 0.29) is 12.0 Å². The molecule has 0 radical (unpaired) electrons. The van der Waals surface area contributed by atoms with Gasteiger partial charge in [-0.05, 0) is 68.2 Å². The predicted molar refractivity (Wildman–Crippen MR) is 125 cm³/mol. The van der Waals surface area contributed by atoms with Crippen molar-refractivity contribution >= 4 is 16.8 Å². The molecule has 0 saturated carbocycles. The third kappa shape index (κ3) is 5.76. The van der Waals surface area contributed by atoms with Crippen LogP contribution >= 0.6 is 0 Å². The molecule has 31 heavy (non-hydrogen) atoms. The first kappa shape index (κ1) is 22.1. The van der Waals surface area contributed by atoms with Gasteiger partial charge in [-0.3, -0.25) is 9.78 Å². The minimum atomic E-state index is 0.220. The molecule has 0 atom stereocenters. The number of carbonyl (C=O) groups is 1. The van der Waals surface area contributed by atoms with Crippen molar-refractivity contribution in [1.29, 1.82) is 0 Å². The van der Waals surface area contributed by atoms with Gasteiger partial charge in [-0.15, -0.1) is 0 Å². The molecule has 1 amide bonds. The van der Waals surface area contributed by atoms with E-state index in [0.717, 1.165) is 82.0 Å². The van der Waals surface area contributed by atoms with Gasteiger partial charge in [0.25, 0.3) is 0 Å². The zero-order chi connectivity index (χ0) is 21.6. The van der Waals surface area contributed by atoms with Crippen molar-refractivity contribution in [1.82, 2.24) is 14.8 Å². The van der Waals surface area contributed by atoms with Crippen molar-refractivity contribution in [3.8, 4) is 5.75 Å². The molecule has 1 aromatic heterocycles. The monoisotopic (exact) mass is 423 g/mol. The van der Waals surface area contributed by atoms with Gasteiger partial charge in [-0.2, -0.15) is 0 Å². The number of piperidine rings is 2. The van der Waals surface area contributed by atoms with E-state index in [0.29, 0.717) is 0 Å². The Balaban J connectivity index is 1.32. The number of aromatic nitrogens is 1. The molecule has 0 N–H and O–H groups in total. The Bertz CT molecular complexity index is 868. The Morgan fingerprint density at radius 3 is 2.61 bits per heavy atom. The molecular weight excluding hydrogens is 386 g/mol. The predicted octanol–water partition coefficient (Wildman–Crippen LogP) is 4.68. The number of hydrogen-bond acceptors (Lipinski definition) is 4. The Morgan fingerprint density at radius 2 is 1.90 bits per heavy atom. The van der Waals surface area contributed by atoms with Crippen LogP contribution in [0.15, 0.2) is 30.5 Å². The van der Waals surface area contributed by atoms with Crippen LogP contribution in [0.25, 0.3) is 10.9 Å². The second kappa shape index (κ2) is 10.4. The molecular formula is C26H37N3O2. The molecule has 0 aliphatic carbocycles. The number of pyridine rings is 1. The number of nitrogens with zero attached hydrogens (tertiary/aromatic N) is 3. The van der Waals surface area contributed by atoms with Crippen LogP contribution in [-0.2, 0) is 11.2 Å². The number of amides is 1. The molecule has 0 unspecified atom stereocenters. The van der Waals surface area contributed by atoms with E-state index in [2.05, 4.69) is 35.0 Å². The van der Waals surface area contributed by atoms with Crippen LogP contribution < -0.4 is 4.74 Å². The normalized spacial score (nSPS) is 19.1. The van der Waals surface area contributed by atoms with Gasteiger partial charge in [-0.1, -0.05) is 19.4 Å². The molecule has 168 valence electrons. The smallest absolute Gasteiger partial charge is 0.219 e. The van der Waals surface area contributed by atoms with E-state index in [1.165, 1.54) is 23.8 Å². The molecule has 2 aliphatic rings. The molecule has 2 fully saturated rings. The molecule has 1 aromatic carbocycles. The van der Waals surface area contributed by atoms with Crippen molar-refractivity contribution in [3.63, 3.8) is 0 Å². The average molecular weight is 424 g/mol. The number of unbranched alkanes of at least 4 members (excludes halogenated alkanes) is 1. The van der Waals surface area contributed by atoms with Crippen LogP contribution in [0.4, 0.5) is 0 Å². The maximum Gasteiger partial charge on any atom is 0.219 e. The summed E-state index contributed by atoms with van der Waals surface area (Å²) in [7, 11) is 0. The highest BCUT2D eigenvalue weighted by Crippen LogP contribution is 2.30. The lowest BCUT2D eigenvalue weighted by Crippen LogP contribution is -2.44. The Morgan fingerprint density at radius 1 is 1.13 bits per heavy atom. The summed E-state index contributed by atoms with van der Waals surface area (Å²) in [5, 5.41) is 1.18. The molecule has 3 heterocycles. The van der Waals surface area contributed by atoms with E-state index in [4.69, 9.17) is 4.74 Å². The van der Waals surface area contributed by atoms with Gasteiger partial charge in [0.1, 0.15) is 17.4 Å². The molecule has 2 aliphatic heterocycles. The molecule has 5 nitrogen and oxygen atoms in total. The first-order valence-corrected chi connectivity index (χ1v) is 12.1. The van der Waals surface area contributed by atoms with Crippen LogP contribution in [-0.4, -0.2) is 59.5 Å². The van der Waals surface area contributed by atoms with Crippen molar-refractivity contribution < 1.29 is 9.53 Å². The van der Waals surface area contributed by atoms with E-state index < -0.39 is 0 Å². The van der Waals surface area contributed by atoms with Crippen molar-refractivity contribution in [2.45, 2.75) is 64.9 Å². The number of aryl methyl sites for hydroxylation is 1. The van der Waals surface area contributed by atoms with Crippen molar-refractivity contribution in [3.05, 3.63) is 36.0 Å². The number of rotatable bonds is 7. The summed E-state index contributed by atoms with van der Waals surface area (Å²) < 4.78 is 6.53. The standard InChI is InChI=1S/C26H37N3O2/c1-3-4-6-22-17-23-7-5-12-27-26(23)25(18-22)31-24-10-13-28(14-11-24)19-21-8-15-29(16-9-21)20(2)30/h5,7,12,17-18,21,24H,3-4,6,8-11,13-16,19H2,1-2H3. The maximum atomic E-state index is 11.5. The van der Waals surface area contributed by atoms with E-state index >= 15 is 0 Å². The van der Waals surface area contributed by atoms with Crippen LogP contribution in [0.2, 0.25) is 0 Å². The zero-order valence-corrected chi connectivity index (χ0v) is 19.2. The summed E-state index contributed by atoms with van der Waals surface area (Å²) in [6, 6.07) is 8.64. The zero-order valence-electron chi connectivity index (χ0n) is 19.2. The average Bonchev–Trinajstić information content (AvgIpc) is 2.79. The summed E-state index contributed by atoms with van der Waals surface area (Å²) in [6.45, 7) is 9.12. The first-order chi connectivity index (χ1) is 15.1. The summed E-state index contributed by atoms with van der Waals surface area (Å²) in [5.41, 5.74) is 2.34. The number of likely N-dealkylation sites (tertiary alicyclic amines) is 2. The lowest BCUT2D eigenvalue weighted by Gasteiger charge is -2.37. The lowest BCUT2D eigenvalue weighted by molar-refractivity contribution is -0.130. The summed E-state index contributed by atoms with van der Waals surface area (Å²) in [5.74, 6) is 1.90. The molecule has 5 heteroatoms. The molecule has 0 spiro atoms. The highest BCUT2D eigenvalue weighted by molar-refractivity contribution is 5.85. The van der Waals surface area contributed by atoms with Crippen LogP contribution in [0.3, 0.4) is 0 Å². The van der Waals surface area contributed by atoms with E-state index in [1.54, 1.807) is 6.92 Å². The lowest BCUT2D eigenvalue weighted by atomic mass is 9.95. The maximum absolute atomic E-state index is 11.5. The van der Waals surface area contributed by atoms with Gasteiger partial charge in [0.2, 0.25) is 5.91 Å². The molecule has 0 bridgehead atoms. The fourth-order valence-electron chi connectivity index (χ4n) is 5.02. The van der Waals surface area contributed by atoms with Crippen molar-refractivity contribution in [2.24, 2.45) is 5.92 Å². The van der Waals surface area contributed by atoms with Crippen LogP contribution in [0.5, 0.6) is 5.75 Å². The SMILES string of the molecule is CCCCc1cc(OC2CCN(CC3CCN(C(C)=O)CC3)CC2)c2ncccc2c1. The molecule has 2 saturated heterocycles. The highest BCUT2D eigenvalue weighted by atomic mass is 16.5. The minimum Gasteiger partial charge on any atom is -0.488 e. The van der Waals surface area contributed by atoms with E-state index in [9.17, 15) is 4.79 Å². The Labute approximate surface area is 186 Å². The molecule has 4 rings (SSSR count). The fourth-order valence-corrected chi connectivity index (χ4v) is 5.02. The second-order valence-electron chi connectivity index (χ2n) is 9.34. The highest BCUT2D eigenvalue weighted by Gasteiger charge is 2.26. The third-order valence-electron chi connectivity index (χ3n) is 6.95. The first-order valence-electron chi connectivity index (χ1n) is 12.1. The third-order valence-corrected chi connectivity index (χ3v) is 6.95. The van der Waals surface area contributed by atoms with Crippen LogP contribution in [0.1, 0.15) is 57.9 Å². The molecule has 2 aromatic rings. The number of hydrogen-bond donors (Lipinski definition) is 0. The van der Waals surface area contributed by atoms with Gasteiger partial charge in [0.05, 0.1) is 0 Å². The van der Waals surface area contributed by atoms with Gasteiger partial charge in [0.15, 0.2) is 0 Å². The summed E-state index contributed by atoms with van der Waals surface area (Å²) >= 11 is 0. The van der Waals surface area contributed by atoms with Gasteiger partial charge >= 0.3 is 0 Å². The number of carbonyl (C=O) groups excluding carboxylic acids is 1. The van der Waals surface area contributed by atoms with E-state index in [1.807, 2.05) is 17.2 Å². The summed E-state index contributed by atoms with van der Waals surface area (Å²) in [4.78, 5) is 20.7. The summed E-state index contributed by atoms with van der Waals surface area (Å²) in [6.07, 6.45) is 10.0.